The minimum atomic E-state index is -0.728. The van der Waals surface area contributed by atoms with Gasteiger partial charge >= 0.3 is 0 Å². The molecule has 3 unspecified atom stereocenters. The molecule has 1 saturated heterocycles. The number of nitrogens with zero attached hydrogens (tertiary/aromatic N) is 1. The lowest BCUT2D eigenvalue weighted by atomic mass is 9.91. The van der Waals surface area contributed by atoms with Crippen LogP contribution in [-0.4, -0.2) is 28.9 Å². The van der Waals surface area contributed by atoms with Gasteiger partial charge in [-0.3, -0.25) is 4.79 Å². The number of hydrogen-bond acceptors (Lipinski definition) is 2. The van der Waals surface area contributed by atoms with Crippen LogP contribution < -0.4 is 5.73 Å². The average molecular weight is 311 g/mol. The molecular weight excluding hydrogens is 284 g/mol. The molecule has 1 fully saturated rings. The standard InChI is InChI=1S/C17H26N2O.ClH/c1-4-11-17(3,18)16(20)19-12-10-15(13(19)2)14-8-6-5-7-9-14;/h5-9,13,15H,4,10-12,18H2,1-3H3;1H. The van der Waals surface area contributed by atoms with Crippen LogP contribution in [0.4, 0.5) is 0 Å². The highest BCUT2D eigenvalue weighted by atomic mass is 35.5. The molecule has 3 nitrogen and oxygen atoms in total. The van der Waals surface area contributed by atoms with Crippen molar-refractivity contribution >= 4 is 18.3 Å². The van der Waals surface area contributed by atoms with Gasteiger partial charge in [-0.05, 0) is 32.3 Å². The van der Waals surface area contributed by atoms with Crippen LogP contribution in [0.15, 0.2) is 30.3 Å². The Kier molecular flexibility index (Phi) is 6.24. The van der Waals surface area contributed by atoms with Gasteiger partial charge in [0.2, 0.25) is 5.91 Å². The van der Waals surface area contributed by atoms with Gasteiger partial charge in [0.15, 0.2) is 0 Å². The molecule has 4 heteroatoms. The Bertz CT molecular complexity index is 461. The average Bonchev–Trinajstić information content (AvgIpc) is 2.80. The molecule has 1 amide bonds. The van der Waals surface area contributed by atoms with Gasteiger partial charge in [0.1, 0.15) is 0 Å². The zero-order valence-electron chi connectivity index (χ0n) is 13.2. The van der Waals surface area contributed by atoms with Gasteiger partial charge in [-0.25, -0.2) is 0 Å². The van der Waals surface area contributed by atoms with Crippen LogP contribution in [0.1, 0.15) is 51.5 Å². The molecule has 1 aliphatic rings. The van der Waals surface area contributed by atoms with Gasteiger partial charge in [0, 0.05) is 18.5 Å². The molecule has 3 atom stereocenters. The molecule has 0 saturated carbocycles. The van der Waals surface area contributed by atoms with E-state index in [0.717, 1.165) is 25.8 Å². The summed E-state index contributed by atoms with van der Waals surface area (Å²) in [5.74, 6) is 0.530. The molecule has 1 aliphatic heterocycles. The van der Waals surface area contributed by atoms with Crippen molar-refractivity contribution in [3.05, 3.63) is 35.9 Å². The molecule has 1 aromatic carbocycles. The maximum Gasteiger partial charge on any atom is 0.242 e. The molecule has 1 aromatic rings. The van der Waals surface area contributed by atoms with Crippen LogP contribution in [0, 0.1) is 0 Å². The van der Waals surface area contributed by atoms with Crippen molar-refractivity contribution in [2.24, 2.45) is 5.73 Å². The Morgan fingerprint density at radius 2 is 2.00 bits per heavy atom. The quantitative estimate of drug-likeness (QED) is 0.927. The molecule has 2 N–H and O–H groups in total. The van der Waals surface area contributed by atoms with Gasteiger partial charge in [-0.1, -0.05) is 43.7 Å². The second kappa shape index (κ2) is 7.28. The summed E-state index contributed by atoms with van der Waals surface area (Å²) in [6.45, 7) is 6.89. The van der Waals surface area contributed by atoms with E-state index in [9.17, 15) is 4.79 Å². The number of likely N-dealkylation sites (tertiary alicyclic amines) is 1. The number of amides is 1. The first kappa shape index (κ1) is 18.0. The van der Waals surface area contributed by atoms with E-state index in [4.69, 9.17) is 5.73 Å². The largest absolute Gasteiger partial charge is 0.338 e. The molecular formula is C17H27ClN2O. The molecule has 21 heavy (non-hydrogen) atoms. The number of halogens is 1. The lowest BCUT2D eigenvalue weighted by Crippen LogP contribution is -2.54. The van der Waals surface area contributed by atoms with E-state index >= 15 is 0 Å². The predicted molar refractivity (Wildman–Crippen MR) is 89.7 cm³/mol. The second-order valence-electron chi connectivity index (χ2n) is 6.21. The molecule has 0 aromatic heterocycles. The number of nitrogens with two attached hydrogens (primary N) is 1. The van der Waals surface area contributed by atoms with E-state index in [0.29, 0.717) is 5.92 Å². The van der Waals surface area contributed by atoms with Gasteiger partial charge in [0.05, 0.1) is 5.54 Å². The third-order valence-corrected chi connectivity index (χ3v) is 4.50. The molecule has 0 bridgehead atoms. The normalized spacial score (nSPS) is 24.3. The smallest absolute Gasteiger partial charge is 0.242 e. The minimum absolute atomic E-state index is 0. The fraction of sp³-hybridized carbons (Fsp3) is 0.588. The number of carbonyl (C=O) groups excluding carboxylic acids is 1. The highest BCUT2D eigenvalue weighted by molar-refractivity contribution is 5.86. The van der Waals surface area contributed by atoms with Gasteiger partial charge in [-0.15, -0.1) is 12.4 Å². The summed E-state index contributed by atoms with van der Waals surface area (Å²) in [7, 11) is 0. The Balaban J connectivity index is 0.00000220. The maximum absolute atomic E-state index is 12.6. The van der Waals surface area contributed by atoms with Crippen LogP contribution in [0.25, 0.3) is 0 Å². The van der Waals surface area contributed by atoms with Crippen molar-refractivity contribution in [1.29, 1.82) is 0 Å². The fourth-order valence-corrected chi connectivity index (χ4v) is 3.33. The number of carbonyl (C=O) groups is 1. The van der Waals surface area contributed by atoms with Crippen molar-refractivity contribution < 1.29 is 4.79 Å². The number of rotatable bonds is 4. The molecule has 1 heterocycles. The molecule has 0 spiro atoms. The molecule has 118 valence electrons. The fourth-order valence-electron chi connectivity index (χ4n) is 3.33. The monoisotopic (exact) mass is 310 g/mol. The first-order valence-corrected chi connectivity index (χ1v) is 7.62. The van der Waals surface area contributed by atoms with Crippen molar-refractivity contribution in [1.82, 2.24) is 4.90 Å². The van der Waals surface area contributed by atoms with Crippen LogP contribution in [0.5, 0.6) is 0 Å². The Morgan fingerprint density at radius 3 is 2.57 bits per heavy atom. The zero-order chi connectivity index (χ0) is 14.8. The summed E-state index contributed by atoms with van der Waals surface area (Å²) < 4.78 is 0. The van der Waals surface area contributed by atoms with E-state index < -0.39 is 5.54 Å². The van der Waals surface area contributed by atoms with Crippen molar-refractivity contribution in [3.8, 4) is 0 Å². The topological polar surface area (TPSA) is 46.3 Å². The first-order valence-electron chi connectivity index (χ1n) is 7.62. The van der Waals surface area contributed by atoms with Gasteiger partial charge in [0.25, 0.3) is 0 Å². The summed E-state index contributed by atoms with van der Waals surface area (Å²) in [6, 6.07) is 10.7. The van der Waals surface area contributed by atoms with Crippen LogP contribution in [0.2, 0.25) is 0 Å². The summed E-state index contributed by atoms with van der Waals surface area (Å²) in [6.07, 6.45) is 2.70. The summed E-state index contributed by atoms with van der Waals surface area (Å²) >= 11 is 0. The highest BCUT2D eigenvalue weighted by Crippen LogP contribution is 2.34. The predicted octanol–water partition coefficient (Wildman–Crippen LogP) is 3.33. The van der Waals surface area contributed by atoms with Crippen molar-refractivity contribution in [2.75, 3.05) is 6.54 Å². The third kappa shape index (κ3) is 3.78. The Labute approximate surface area is 134 Å². The molecule has 0 aliphatic carbocycles. The van der Waals surface area contributed by atoms with E-state index in [-0.39, 0.29) is 24.4 Å². The van der Waals surface area contributed by atoms with Crippen molar-refractivity contribution in [3.63, 3.8) is 0 Å². The van der Waals surface area contributed by atoms with E-state index in [1.807, 2.05) is 17.9 Å². The maximum atomic E-state index is 12.6. The van der Waals surface area contributed by atoms with Crippen LogP contribution >= 0.6 is 12.4 Å². The second-order valence-corrected chi connectivity index (χ2v) is 6.21. The highest BCUT2D eigenvalue weighted by Gasteiger charge is 2.40. The lowest BCUT2D eigenvalue weighted by molar-refractivity contribution is -0.137. The van der Waals surface area contributed by atoms with E-state index in [1.165, 1.54) is 5.56 Å². The number of hydrogen-bond donors (Lipinski definition) is 1. The summed E-state index contributed by atoms with van der Waals surface area (Å²) in [5, 5.41) is 0. The van der Waals surface area contributed by atoms with Gasteiger partial charge < -0.3 is 10.6 Å². The lowest BCUT2D eigenvalue weighted by Gasteiger charge is -2.32. The van der Waals surface area contributed by atoms with E-state index in [2.05, 4.69) is 38.1 Å². The Morgan fingerprint density at radius 1 is 1.38 bits per heavy atom. The third-order valence-electron chi connectivity index (χ3n) is 4.50. The van der Waals surface area contributed by atoms with Crippen LogP contribution in [-0.2, 0) is 4.79 Å². The molecule has 2 rings (SSSR count). The number of benzene rings is 1. The van der Waals surface area contributed by atoms with E-state index in [1.54, 1.807) is 0 Å². The molecule has 0 radical (unpaired) electrons. The Hall–Kier alpha value is -1.06. The zero-order valence-corrected chi connectivity index (χ0v) is 14.0. The van der Waals surface area contributed by atoms with Gasteiger partial charge in [-0.2, -0.15) is 0 Å². The van der Waals surface area contributed by atoms with Crippen molar-refractivity contribution in [2.45, 2.75) is 57.5 Å². The summed E-state index contributed by atoms with van der Waals surface area (Å²) in [4.78, 5) is 14.6. The summed E-state index contributed by atoms with van der Waals surface area (Å²) in [5.41, 5.74) is 6.80. The SMILES string of the molecule is CCCC(C)(N)C(=O)N1CCC(c2ccccc2)C1C.Cl. The minimum Gasteiger partial charge on any atom is -0.338 e. The first-order chi connectivity index (χ1) is 9.47. The van der Waals surface area contributed by atoms with Crippen LogP contribution in [0.3, 0.4) is 0 Å².